The summed E-state index contributed by atoms with van der Waals surface area (Å²) < 4.78 is 0. The van der Waals surface area contributed by atoms with Crippen molar-refractivity contribution in [3.8, 4) is 22.5 Å². The molecule has 0 unspecified atom stereocenters. The smallest absolute Gasteiger partial charge is 0.116 e. The number of aromatic nitrogens is 4. The second-order valence-electron chi connectivity index (χ2n) is 8.09. The Kier molecular flexibility index (Phi) is 4.13. The van der Waals surface area contributed by atoms with E-state index in [1.54, 1.807) is 0 Å². The van der Waals surface area contributed by atoms with E-state index in [0.717, 1.165) is 35.5 Å². The molecule has 0 bridgehead atoms. The normalized spacial score (nSPS) is 15.2. The molecule has 0 atom stereocenters. The van der Waals surface area contributed by atoms with Gasteiger partial charge < -0.3 is 10.3 Å². The van der Waals surface area contributed by atoms with Crippen LogP contribution >= 0.6 is 0 Å². The molecular weight excluding hydrogens is 370 g/mol. The molecule has 30 heavy (non-hydrogen) atoms. The van der Waals surface area contributed by atoms with Crippen molar-refractivity contribution in [1.82, 2.24) is 25.5 Å². The number of H-pyrrole nitrogens is 2. The highest BCUT2D eigenvalue weighted by molar-refractivity contribution is 6.01. The monoisotopic (exact) mass is 393 g/mol. The van der Waals surface area contributed by atoms with Gasteiger partial charge in [0.1, 0.15) is 5.69 Å². The number of pyridine rings is 1. The number of aromatic amines is 2. The zero-order chi connectivity index (χ0) is 19.9. The van der Waals surface area contributed by atoms with Crippen LogP contribution in [-0.2, 0) is 0 Å². The second kappa shape index (κ2) is 7.11. The van der Waals surface area contributed by atoms with E-state index in [4.69, 9.17) is 0 Å². The lowest BCUT2D eigenvalue weighted by atomic mass is 9.89. The van der Waals surface area contributed by atoms with Crippen molar-refractivity contribution >= 4 is 21.8 Å². The Balaban J connectivity index is 1.47. The average Bonchev–Trinajstić information content (AvgIpc) is 3.43. The van der Waals surface area contributed by atoms with Crippen molar-refractivity contribution in [3.63, 3.8) is 0 Å². The maximum Gasteiger partial charge on any atom is 0.116 e. The van der Waals surface area contributed by atoms with Crippen LogP contribution in [0, 0.1) is 0 Å². The van der Waals surface area contributed by atoms with E-state index in [2.05, 4.69) is 80.1 Å². The highest BCUT2D eigenvalue weighted by atomic mass is 15.1. The number of fused-ring (bicyclic) bond motifs is 2. The minimum atomic E-state index is 0.624. The highest BCUT2D eigenvalue weighted by Gasteiger charge is 2.18. The fourth-order valence-electron chi connectivity index (χ4n) is 4.71. The van der Waals surface area contributed by atoms with Crippen molar-refractivity contribution in [2.24, 2.45) is 0 Å². The molecule has 1 aliphatic rings. The number of nitrogens with zero attached hydrogens (tertiary/aromatic N) is 2. The summed E-state index contributed by atoms with van der Waals surface area (Å²) in [4.78, 5) is 7.74. The summed E-state index contributed by atoms with van der Waals surface area (Å²) in [6.45, 7) is 2.20. The van der Waals surface area contributed by atoms with Crippen molar-refractivity contribution in [3.05, 3.63) is 72.6 Å². The minimum Gasteiger partial charge on any atom is -0.353 e. The van der Waals surface area contributed by atoms with Crippen LogP contribution in [0.4, 0.5) is 0 Å². The van der Waals surface area contributed by atoms with Crippen LogP contribution in [0.25, 0.3) is 44.3 Å². The summed E-state index contributed by atoms with van der Waals surface area (Å²) in [6, 6.07) is 19.5. The van der Waals surface area contributed by atoms with Gasteiger partial charge in [-0.25, -0.2) is 0 Å². The Morgan fingerprint density at radius 1 is 0.833 bits per heavy atom. The summed E-state index contributed by atoms with van der Waals surface area (Å²) in [6.07, 6.45) is 6.07. The largest absolute Gasteiger partial charge is 0.353 e. The quantitative estimate of drug-likeness (QED) is 0.393. The number of rotatable bonds is 3. The maximum atomic E-state index is 4.67. The third kappa shape index (κ3) is 2.90. The maximum absolute atomic E-state index is 4.67. The van der Waals surface area contributed by atoms with E-state index in [1.807, 2.05) is 12.4 Å². The molecule has 6 rings (SSSR count). The predicted molar refractivity (Wildman–Crippen MR) is 121 cm³/mol. The standard InChI is InChI=1S/C25H23N5/c1-2-19(17-8-12-27-13-9-17)20-15-24(28-22(20)3-1)25-21-14-18(4-5-23(21)29-30-25)16-6-10-26-11-7-16/h1-5,8-9,12-16,26,28H,6-7,10-11H2,(H,29,30). The molecule has 4 heterocycles. The van der Waals surface area contributed by atoms with Gasteiger partial charge in [0.2, 0.25) is 0 Å². The molecule has 5 nitrogen and oxygen atoms in total. The molecule has 1 aliphatic heterocycles. The van der Waals surface area contributed by atoms with E-state index in [0.29, 0.717) is 5.92 Å². The third-order valence-corrected chi connectivity index (χ3v) is 6.31. The van der Waals surface area contributed by atoms with Gasteiger partial charge in [-0.1, -0.05) is 18.2 Å². The van der Waals surface area contributed by atoms with Crippen LogP contribution in [0.5, 0.6) is 0 Å². The Morgan fingerprint density at radius 2 is 1.70 bits per heavy atom. The summed E-state index contributed by atoms with van der Waals surface area (Å²) in [5.41, 5.74) is 8.01. The van der Waals surface area contributed by atoms with Crippen LogP contribution in [0.1, 0.15) is 24.3 Å². The van der Waals surface area contributed by atoms with Gasteiger partial charge in [0.25, 0.3) is 0 Å². The number of nitrogens with one attached hydrogen (secondary N) is 3. The van der Waals surface area contributed by atoms with Crippen molar-refractivity contribution in [1.29, 1.82) is 0 Å². The fourth-order valence-corrected chi connectivity index (χ4v) is 4.71. The van der Waals surface area contributed by atoms with E-state index in [9.17, 15) is 0 Å². The molecule has 148 valence electrons. The van der Waals surface area contributed by atoms with Crippen LogP contribution < -0.4 is 5.32 Å². The Bertz CT molecular complexity index is 1330. The molecule has 2 aromatic carbocycles. The first-order valence-electron chi connectivity index (χ1n) is 10.6. The molecular formula is C25H23N5. The first kappa shape index (κ1) is 17.4. The molecule has 0 radical (unpaired) electrons. The van der Waals surface area contributed by atoms with Gasteiger partial charge in [0.05, 0.1) is 11.2 Å². The molecule has 3 N–H and O–H groups in total. The van der Waals surface area contributed by atoms with Gasteiger partial charge in [-0.3, -0.25) is 10.1 Å². The van der Waals surface area contributed by atoms with Crippen LogP contribution in [-0.4, -0.2) is 33.3 Å². The summed E-state index contributed by atoms with van der Waals surface area (Å²) in [5.74, 6) is 0.624. The summed E-state index contributed by atoms with van der Waals surface area (Å²) in [7, 11) is 0. The van der Waals surface area contributed by atoms with Gasteiger partial charge in [0, 0.05) is 28.7 Å². The van der Waals surface area contributed by atoms with E-state index >= 15 is 0 Å². The lowest BCUT2D eigenvalue weighted by Gasteiger charge is -2.23. The molecule has 0 aliphatic carbocycles. The summed E-state index contributed by atoms with van der Waals surface area (Å²) >= 11 is 0. The van der Waals surface area contributed by atoms with Crippen molar-refractivity contribution in [2.45, 2.75) is 18.8 Å². The number of piperidine rings is 1. The van der Waals surface area contributed by atoms with Gasteiger partial charge in [0.15, 0.2) is 0 Å². The predicted octanol–water partition coefficient (Wildman–Crippen LogP) is 5.24. The van der Waals surface area contributed by atoms with Gasteiger partial charge in [-0.05, 0) is 84.9 Å². The molecule has 0 spiro atoms. The van der Waals surface area contributed by atoms with Crippen molar-refractivity contribution < 1.29 is 0 Å². The zero-order valence-corrected chi connectivity index (χ0v) is 16.7. The lowest BCUT2D eigenvalue weighted by molar-refractivity contribution is 0.460. The van der Waals surface area contributed by atoms with Crippen LogP contribution in [0.2, 0.25) is 0 Å². The molecule has 0 amide bonds. The third-order valence-electron chi connectivity index (χ3n) is 6.31. The molecule has 1 saturated heterocycles. The second-order valence-corrected chi connectivity index (χ2v) is 8.09. The zero-order valence-electron chi connectivity index (χ0n) is 16.7. The topological polar surface area (TPSA) is 69.4 Å². The lowest BCUT2D eigenvalue weighted by Crippen LogP contribution is -2.26. The van der Waals surface area contributed by atoms with Crippen LogP contribution in [0.3, 0.4) is 0 Å². The van der Waals surface area contributed by atoms with Crippen molar-refractivity contribution in [2.75, 3.05) is 13.1 Å². The molecule has 5 heteroatoms. The molecule has 3 aromatic heterocycles. The number of hydrogen-bond donors (Lipinski definition) is 3. The minimum absolute atomic E-state index is 0.624. The van der Waals surface area contributed by atoms with E-state index in [1.165, 1.54) is 40.3 Å². The first-order chi connectivity index (χ1) is 14.9. The molecule has 1 fully saturated rings. The Hall–Kier alpha value is -3.44. The Morgan fingerprint density at radius 3 is 2.57 bits per heavy atom. The first-order valence-corrected chi connectivity index (χ1v) is 10.6. The number of benzene rings is 2. The van der Waals surface area contributed by atoms with Crippen LogP contribution in [0.15, 0.2) is 67.0 Å². The highest BCUT2D eigenvalue weighted by Crippen LogP contribution is 2.35. The fraction of sp³-hybridized carbons (Fsp3) is 0.200. The van der Waals surface area contributed by atoms with Gasteiger partial charge in [-0.2, -0.15) is 5.10 Å². The summed E-state index contributed by atoms with van der Waals surface area (Å²) in [5, 5.41) is 13.7. The SMILES string of the molecule is c1cc(-c2ccncc2)c2cc(-c3n[nH]c4ccc(C5CCNCC5)cc34)[nH]c2c1. The number of hydrogen-bond acceptors (Lipinski definition) is 3. The van der Waals surface area contributed by atoms with E-state index < -0.39 is 0 Å². The molecule has 5 aromatic rings. The van der Waals surface area contributed by atoms with Gasteiger partial charge in [-0.15, -0.1) is 0 Å². The van der Waals surface area contributed by atoms with Gasteiger partial charge >= 0.3 is 0 Å². The molecule has 0 saturated carbocycles. The van der Waals surface area contributed by atoms with E-state index in [-0.39, 0.29) is 0 Å². The average molecular weight is 393 g/mol. The Labute approximate surface area is 174 Å².